The summed E-state index contributed by atoms with van der Waals surface area (Å²) in [6.07, 6.45) is 5.87. The van der Waals surface area contributed by atoms with E-state index in [1.54, 1.807) is 7.11 Å². The van der Waals surface area contributed by atoms with Crippen LogP contribution in [0.15, 0.2) is 30.3 Å². The van der Waals surface area contributed by atoms with Crippen LogP contribution in [-0.2, 0) is 11.2 Å². The van der Waals surface area contributed by atoms with Gasteiger partial charge in [0.2, 0.25) is 0 Å². The molecule has 0 bridgehead atoms. The third-order valence-electron chi connectivity index (χ3n) is 3.98. The van der Waals surface area contributed by atoms with Gasteiger partial charge in [-0.25, -0.2) is 0 Å². The highest BCUT2D eigenvalue weighted by Gasteiger charge is 2.23. The lowest BCUT2D eigenvalue weighted by Crippen LogP contribution is -2.45. The van der Waals surface area contributed by atoms with Crippen molar-refractivity contribution in [3.05, 3.63) is 35.9 Å². The van der Waals surface area contributed by atoms with E-state index in [4.69, 9.17) is 4.74 Å². The Morgan fingerprint density at radius 2 is 2.11 bits per heavy atom. The maximum Gasteiger partial charge on any atom is 0.0587 e. The quantitative estimate of drug-likeness (QED) is 0.826. The maximum absolute atomic E-state index is 9.55. The molecule has 3 nitrogen and oxygen atoms in total. The minimum Gasteiger partial charge on any atom is -0.395 e. The lowest BCUT2D eigenvalue weighted by Gasteiger charge is -2.31. The first kappa shape index (κ1) is 14.5. The predicted octanol–water partition coefficient (Wildman–Crippen LogP) is 2.14. The summed E-state index contributed by atoms with van der Waals surface area (Å²) in [4.78, 5) is 0. The monoisotopic (exact) mass is 263 g/mol. The summed E-state index contributed by atoms with van der Waals surface area (Å²) in [5, 5.41) is 13.1. The lowest BCUT2D eigenvalue weighted by molar-refractivity contribution is 0.0550. The molecule has 3 heteroatoms. The highest BCUT2D eigenvalue weighted by molar-refractivity contribution is 5.16. The third-order valence-corrected chi connectivity index (χ3v) is 3.98. The van der Waals surface area contributed by atoms with E-state index < -0.39 is 0 Å². The smallest absolute Gasteiger partial charge is 0.0587 e. The van der Waals surface area contributed by atoms with Crippen LogP contribution in [0.4, 0.5) is 0 Å². The summed E-state index contributed by atoms with van der Waals surface area (Å²) < 4.78 is 5.45. The zero-order valence-corrected chi connectivity index (χ0v) is 11.7. The van der Waals surface area contributed by atoms with Gasteiger partial charge in [0.05, 0.1) is 12.7 Å². The molecule has 3 atom stereocenters. The number of nitrogens with one attached hydrogen (secondary N) is 1. The molecule has 1 aromatic carbocycles. The molecule has 2 rings (SSSR count). The molecule has 0 aliphatic heterocycles. The van der Waals surface area contributed by atoms with Crippen LogP contribution < -0.4 is 5.32 Å². The van der Waals surface area contributed by atoms with Crippen LogP contribution in [0, 0.1) is 0 Å². The average molecular weight is 263 g/mol. The summed E-state index contributed by atoms with van der Waals surface area (Å²) in [5.74, 6) is 0. The molecular formula is C16H25NO2. The lowest BCUT2D eigenvalue weighted by atomic mass is 9.92. The number of hydrogen-bond donors (Lipinski definition) is 2. The van der Waals surface area contributed by atoms with Gasteiger partial charge in [0.15, 0.2) is 0 Å². The molecule has 2 unspecified atom stereocenters. The Morgan fingerprint density at radius 1 is 1.32 bits per heavy atom. The molecule has 1 fully saturated rings. The van der Waals surface area contributed by atoms with E-state index in [0.29, 0.717) is 12.1 Å². The first-order valence-electron chi connectivity index (χ1n) is 7.25. The third kappa shape index (κ3) is 4.60. The van der Waals surface area contributed by atoms with E-state index in [0.717, 1.165) is 19.3 Å². The van der Waals surface area contributed by atoms with Crippen LogP contribution in [0.25, 0.3) is 0 Å². The van der Waals surface area contributed by atoms with Crippen molar-refractivity contribution in [1.29, 1.82) is 0 Å². The Kier molecular flexibility index (Phi) is 5.83. The second-order valence-electron chi connectivity index (χ2n) is 5.46. The Bertz CT molecular complexity index is 355. The van der Waals surface area contributed by atoms with E-state index in [1.807, 2.05) is 18.2 Å². The fraction of sp³-hybridized carbons (Fsp3) is 0.625. The van der Waals surface area contributed by atoms with Crippen molar-refractivity contribution in [3.63, 3.8) is 0 Å². The van der Waals surface area contributed by atoms with Gasteiger partial charge in [0.25, 0.3) is 0 Å². The summed E-state index contributed by atoms with van der Waals surface area (Å²) in [7, 11) is 1.79. The van der Waals surface area contributed by atoms with Gasteiger partial charge in [0, 0.05) is 19.2 Å². The Labute approximate surface area is 116 Å². The van der Waals surface area contributed by atoms with Crippen LogP contribution in [0.2, 0.25) is 0 Å². The molecule has 1 aromatic rings. The predicted molar refractivity (Wildman–Crippen MR) is 77.2 cm³/mol. The molecule has 0 aromatic heterocycles. The van der Waals surface area contributed by atoms with Crippen molar-refractivity contribution in [1.82, 2.24) is 5.32 Å². The fourth-order valence-corrected chi connectivity index (χ4v) is 2.92. The van der Waals surface area contributed by atoms with Crippen molar-refractivity contribution in [2.75, 3.05) is 13.7 Å². The number of hydrogen-bond acceptors (Lipinski definition) is 3. The van der Waals surface area contributed by atoms with Crippen molar-refractivity contribution in [2.24, 2.45) is 0 Å². The molecular weight excluding hydrogens is 238 g/mol. The second kappa shape index (κ2) is 7.63. The van der Waals surface area contributed by atoms with Crippen LogP contribution in [0.3, 0.4) is 0 Å². The molecule has 0 spiro atoms. The summed E-state index contributed by atoms with van der Waals surface area (Å²) in [6, 6.07) is 11.0. The van der Waals surface area contributed by atoms with Crippen molar-refractivity contribution >= 4 is 0 Å². The van der Waals surface area contributed by atoms with Gasteiger partial charge < -0.3 is 15.2 Å². The zero-order chi connectivity index (χ0) is 13.5. The van der Waals surface area contributed by atoms with Crippen molar-refractivity contribution in [2.45, 2.75) is 50.3 Å². The van der Waals surface area contributed by atoms with Crippen molar-refractivity contribution < 1.29 is 9.84 Å². The van der Waals surface area contributed by atoms with E-state index >= 15 is 0 Å². The largest absolute Gasteiger partial charge is 0.395 e. The highest BCUT2D eigenvalue weighted by atomic mass is 16.5. The van der Waals surface area contributed by atoms with Gasteiger partial charge >= 0.3 is 0 Å². The first-order chi connectivity index (χ1) is 9.31. The average Bonchev–Trinajstić information content (AvgIpc) is 2.48. The van der Waals surface area contributed by atoms with E-state index in [9.17, 15) is 5.11 Å². The number of aliphatic hydroxyl groups is 1. The molecule has 106 valence electrons. The Balaban J connectivity index is 1.85. The molecule has 1 aliphatic rings. The molecule has 0 heterocycles. The van der Waals surface area contributed by atoms with Crippen LogP contribution in [0.5, 0.6) is 0 Å². The number of rotatable bonds is 6. The van der Waals surface area contributed by atoms with Gasteiger partial charge in [0.1, 0.15) is 0 Å². The van der Waals surface area contributed by atoms with Crippen LogP contribution in [-0.4, -0.2) is 37.0 Å². The van der Waals surface area contributed by atoms with Gasteiger partial charge in [-0.15, -0.1) is 0 Å². The molecule has 0 saturated heterocycles. The molecule has 2 N–H and O–H groups in total. The van der Waals surface area contributed by atoms with Gasteiger partial charge in [-0.05, 0) is 37.7 Å². The zero-order valence-electron chi connectivity index (χ0n) is 11.7. The molecule has 1 saturated carbocycles. The summed E-state index contributed by atoms with van der Waals surface area (Å²) >= 11 is 0. The minimum atomic E-state index is 0.142. The number of aliphatic hydroxyl groups excluding tert-OH is 1. The first-order valence-corrected chi connectivity index (χ1v) is 7.25. The highest BCUT2D eigenvalue weighted by Crippen LogP contribution is 2.21. The fourth-order valence-electron chi connectivity index (χ4n) is 2.92. The summed E-state index contributed by atoms with van der Waals surface area (Å²) in [6.45, 7) is 0.184. The minimum absolute atomic E-state index is 0.142. The van der Waals surface area contributed by atoms with E-state index in [1.165, 1.54) is 18.4 Å². The molecule has 0 radical (unpaired) electrons. The topological polar surface area (TPSA) is 41.5 Å². The Morgan fingerprint density at radius 3 is 2.79 bits per heavy atom. The van der Waals surface area contributed by atoms with Gasteiger partial charge in [-0.1, -0.05) is 30.3 Å². The number of methoxy groups -OCH3 is 1. The SMILES string of the molecule is COC1CCCC(N[C@H](CO)Cc2ccccc2)C1. The van der Waals surface area contributed by atoms with Gasteiger partial charge in [-0.2, -0.15) is 0 Å². The number of ether oxygens (including phenoxy) is 1. The Hall–Kier alpha value is -0.900. The van der Waals surface area contributed by atoms with Crippen LogP contribution in [0.1, 0.15) is 31.2 Å². The van der Waals surface area contributed by atoms with E-state index in [-0.39, 0.29) is 12.6 Å². The molecule has 1 aliphatic carbocycles. The standard InChI is InChI=1S/C16H25NO2/c1-19-16-9-5-8-14(11-16)17-15(12-18)10-13-6-3-2-4-7-13/h2-4,6-7,14-18H,5,8-12H2,1H3/t14?,15-,16?/m0/s1. The number of benzene rings is 1. The van der Waals surface area contributed by atoms with Crippen molar-refractivity contribution in [3.8, 4) is 0 Å². The molecule has 0 amide bonds. The normalized spacial score (nSPS) is 25.2. The maximum atomic E-state index is 9.55. The van der Waals surface area contributed by atoms with Crippen LogP contribution >= 0.6 is 0 Å². The van der Waals surface area contributed by atoms with Gasteiger partial charge in [-0.3, -0.25) is 0 Å². The van der Waals surface area contributed by atoms with E-state index in [2.05, 4.69) is 17.4 Å². The second-order valence-corrected chi connectivity index (χ2v) is 5.46. The summed E-state index contributed by atoms with van der Waals surface area (Å²) in [5.41, 5.74) is 1.27. The molecule has 19 heavy (non-hydrogen) atoms.